The first-order valence-corrected chi connectivity index (χ1v) is 7.91. The quantitative estimate of drug-likeness (QED) is 0.804. The van der Waals surface area contributed by atoms with Crippen LogP contribution in [0.1, 0.15) is 52.9 Å². The summed E-state index contributed by atoms with van der Waals surface area (Å²) in [5.74, 6) is 1.41. The number of nitrogens with two attached hydrogens (primary N) is 1. The van der Waals surface area contributed by atoms with E-state index in [4.69, 9.17) is 10.5 Å². The van der Waals surface area contributed by atoms with Crippen LogP contribution in [0.15, 0.2) is 0 Å². The number of rotatable bonds is 7. The van der Waals surface area contributed by atoms with Crippen molar-refractivity contribution in [3.8, 4) is 6.01 Å². The second-order valence-electron chi connectivity index (χ2n) is 6.39. The summed E-state index contributed by atoms with van der Waals surface area (Å²) in [6.45, 7) is 7.87. The fraction of sp³-hybridized carbons (Fsp3) is 0.800. The molecule has 0 aromatic carbocycles. The van der Waals surface area contributed by atoms with Gasteiger partial charge in [0.15, 0.2) is 0 Å². The van der Waals surface area contributed by atoms with E-state index in [1.165, 1.54) is 32.1 Å². The maximum atomic E-state index is 5.70. The monoisotopic (exact) mass is 293 g/mol. The van der Waals surface area contributed by atoms with Crippen molar-refractivity contribution in [1.29, 1.82) is 0 Å². The zero-order valence-corrected chi connectivity index (χ0v) is 13.4. The summed E-state index contributed by atoms with van der Waals surface area (Å²) >= 11 is 0. The van der Waals surface area contributed by atoms with Crippen molar-refractivity contribution in [1.82, 2.24) is 15.0 Å². The fourth-order valence-electron chi connectivity index (χ4n) is 3.36. The minimum absolute atomic E-state index is 0.195. The number of aromatic nitrogens is 3. The van der Waals surface area contributed by atoms with Crippen LogP contribution in [-0.4, -0.2) is 28.1 Å². The van der Waals surface area contributed by atoms with Crippen LogP contribution in [-0.2, 0) is 0 Å². The van der Waals surface area contributed by atoms with E-state index in [9.17, 15) is 0 Å². The first-order valence-electron chi connectivity index (χ1n) is 7.91. The highest BCUT2D eigenvalue weighted by Crippen LogP contribution is 2.43. The van der Waals surface area contributed by atoms with Crippen molar-refractivity contribution in [3.05, 3.63) is 0 Å². The van der Waals surface area contributed by atoms with Gasteiger partial charge < -0.3 is 15.8 Å². The first-order chi connectivity index (χ1) is 10.0. The smallest absolute Gasteiger partial charge is 0.323 e. The molecule has 1 aromatic heterocycles. The molecule has 6 heteroatoms. The summed E-state index contributed by atoms with van der Waals surface area (Å²) in [7, 11) is 0. The van der Waals surface area contributed by atoms with E-state index in [1.54, 1.807) is 0 Å². The van der Waals surface area contributed by atoms with Crippen LogP contribution in [0.25, 0.3) is 0 Å². The number of nitrogens with one attached hydrogen (secondary N) is 1. The number of hydrogen-bond acceptors (Lipinski definition) is 6. The SMILES string of the molecule is CCOc1nc(N)nc(NCC2(CC(C)C)CCCC2)n1. The van der Waals surface area contributed by atoms with Crippen LogP contribution in [0, 0.1) is 11.3 Å². The maximum Gasteiger partial charge on any atom is 0.323 e. The zero-order valence-electron chi connectivity index (χ0n) is 13.4. The largest absolute Gasteiger partial charge is 0.464 e. The van der Waals surface area contributed by atoms with E-state index < -0.39 is 0 Å². The summed E-state index contributed by atoms with van der Waals surface area (Å²) in [5, 5.41) is 3.35. The Bertz CT molecular complexity index is 457. The zero-order chi connectivity index (χ0) is 15.3. The predicted octanol–water partition coefficient (Wildman–Crippen LogP) is 2.87. The molecule has 1 heterocycles. The van der Waals surface area contributed by atoms with Gasteiger partial charge in [0.1, 0.15) is 0 Å². The molecule has 0 saturated heterocycles. The number of hydrogen-bond donors (Lipinski definition) is 2. The summed E-state index contributed by atoms with van der Waals surface area (Å²) in [4.78, 5) is 12.4. The number of ether oxygens (including phenoxy) is 1. The molecule has 0 bridgehead atoms. The Balaban J connectivity index is 2.03. The molecule has 0 aliphatic heterocycles. The molecule has 21 heavy (non-hydrogen) atoms. The fourth-order valence-corrected chi connectivity index (χ4v) is 3.36. The van der Waals surface area contributed by atoms with Gasteiger partial charge in [0.2, 0.25) is 11.9 Å². The second-order valence-corrected chi connectivity index (χ2v) is 6.39. The van der Waals surface area contributed by atoms with Gasteiger partial charge >= 0.3 is 6.01 Å². The normalized spacial score (nSPS) is 17.1. The highest BCUT2D eigenvalue weighted by Gasteiger charge is 2.34. The molecular weight excluding hydrogens is 266 g/mol. The number of nitrogens with zero attached hydrogens (tertiary/aromatic N) is 3. The Morgan fingerprint density at radius 1 is 1.24 bits per heavy atom. The highest BCUT2D eigenvalue weighted by molar-refractivity contribution is 5.32. The molecule has 1 aromatic rings. The van der Waals surface area contributed by atoms with Crippen LogP contribution in [0.4, 0.5) is 11.9 Å². The van der Waals surface area contributed by atoms with Gasteiger partial charge in [0.05, 0.1) is 6.61 Å². The van der Waals surface area contributed by atoms with Crippen LogP contribution in [0.5, 0.6) is 6.01 Å². The third-order valence-corrected chi connectivity index (χ3v) is 4.03. The van der Waals surface area contributed by atoms with Crippen LogP contribution in [0.3, 0.4) is 0 Å². The van der Waals surface area contributed by atoms with Gasteiger partial charge in [-0.3, -0.25) is 0 Å². The lowest BCUT2D eigenvalue weighted by molar-refractivity contribution is 0.252. The van der Waals surface area contributed by atoms with Crippen LogP contribution < -0.4 is 15.8 Å². The van der Waals surface area contributed by atoms with E-state index in [0.717, 1.165) is 6.54 Å². The molecule has 0 unspecified atom stereocenters. The summed E-state index contributed by atoms with van der Waals surface area (Å²) in [5.41, 5.74) is 6.07. The van der Waals surface area contributed by atoms with Crippen molar-refractivity contribution < 1.29 is 4.74 Å². The molecule has 2 rings (SSSR count). The van der Waals surface area contributed by atoms with Gasteiger partial charge in [-0.05, 0) is 37.5 Å². The van der Waals surface area contributed by atoms with Gasteiger partial charge in [-0.2, -0.15) is 15.0 Å². The van der Waals surface area contributed by atoms with Gasteiger partial charge in [0, 0.05) is 6.54 Å². The molecule has 0 spiro atoms. The predicted molar refractivity (Wildman–Crippen MR) is 84.3 cm³/mol. The number of nitrogen functional groups attached to an aromatic ring is 1. The third kappa shape index (κ3) is 4.44. The van der Waals surface area contributed by atoms with Crippen molar-refractivity contribution in [2.24, 2.45) is 11.3 Å². The molecule has 0 amide bonds. The Morgan fingerprint density at radius 2 is 1.95 bits per heavy atom. The minimum Gasteiger partial charge on any atom is -0.464 e. The lowest BCUT2D eigenvalue weighted by Gasteiger charge is -2.31. The molecule has 0 atom stereocenters. The lowest BCUT2D eigenvalue weighted by Crippen LogP contribution is -2.29. The van der Waals surface area contributed by atoms with E-state index in [2.05, 4.69) is 34.1 Å². The van der Waals surface area contributed by atoms with E-state index in [-0.39, 0.29) is 12.0 Å². The van der Waals surface area contributed by atoms with Crippen molar-refractivity contribution >= 4 is 11.9 Å². The Morgan fingerprint density at radius 3 is 2.57 bits per heavy atom. The number of anilines is 2. The topological polar surface area (TPSA) is 86.0 Å². The molecule has 1 aliphatic rings. The second kappa shape index (κ2) is 6.91. The molecule has 1 aliphatic carbocycles. The van der Waals surface area contributed by atoms with Crippen molar-refractivity contribution in [2.45, 2.75) is 52.9 Å². The van der Waals surface area contributed by atoms with Crippen LogP contribution >= 0.6 is 0 Å². The molecule has 3 N–H and O–H groups in total. The van der Waals surface area contributed by atoms with Gasteiger partial charge in [-0.1, -0.05) is 26.7 Å². The first kappa shape index (κ1) is 15.8. The van der Waals surface area contributed by atoms with E-state index in [1.807, 2.05) is 6.92 Å². The molecular formula is C15H27N5O. The molecule has 1 saturated carbocycles. The van der Waals surface area contributed by atoms with Crippen LogP contribution in [0.2, 0.25) is 0 Å². The minimum atomic E-state index is 0.195. The van der Waals surface area contributed by atoms with Crippen molar-refractivity contribution in [2.75, 3.05) is 24.2 Å². The third-order valence-electron chi connectivity index (χ3n) is 4.03. The van der Waals surface area contributed by atoms with Gasteiger partial charge in [-0.25, -0.2) is 0 Å². The summed E-state index contributed by atoms with van der Waals surface area (Å²) in [6, 6.07) is 0.289. The highest BCUT2D eigenvalue weighted by atomic mass is 16.5. The summed E-state index contributed by atoms with van der Waals surface area (Å²) < 4.78 is 5.31. The van der Waals surface area contributed by atoms with E-state index in [0.29, 0.717) is 23.9 Å². The van der Waals surface area contributed by atoms with Gasteiger partial charge in [-0.15, -0.1) is 0 Å². The van der Waals surface area contributed by atoms with Crippen molar-refractivity contribution in [3.63, 3.8) is 0 Å². The lowest BCUT2D eigenvalue weighted by atomic mass is 9.78. The van der Waals surface area contributed by atoms with E-state index >= 15 is 0 Å². The van der Waals surface area contributed by atoms with Gasteiger partial charge in [0.25, 0.3) is 0 Å². The molecule has 118 valence electrons. The average molecular weight is 293 g/mol. The molecule has 0 radical (unpaired) electrons. The Labute approximate surface area is 126 Å². The molecule has 1 fully saturated rings. The molecule has 6 nitrogen and oxygen atoms in total. The maximum absolute atomic E-state index is 5.70. The Hall–Kier alpha value is -1.59. The Kier molecular flexibility index (Phi) is 5.20. The average Bonchev–Trinajstić information content (AvgIpc) is 2.84. The summed E-state index contributed by atoms with van der Waals surface area (Å²) in [6.07, 6.45) is 6.42. The standard InChI is InChI=1S/C15H27N5O/c1-4-21-14-19-12(16)18-13(20-14)17-10-15(9-11(2)3)7-5-6-8-15/h11H,4-10H2,1-3H3,(H3,16,17,18,19,20).